The van der Waals surface area contributed by atoms with Gasteiger partial charge in [0.2, 0.25) is 5.91 Å². The van der Waals surface area contributed by atoms with Crippen LogP contribution in [-0.2, 0) is 11.2 Å². The number of fused-ring (bicyclic) bond motifs is 2. The lowest BCUT2D eigenvalue weighted by atomic mass is 10.0. The molecule has 0 bridgehead atoms. The number of benzene rings is 4. The van der Waals surface area contributed by atoms with Crippen molar-refractivity contribution in [3.63, 3.8) is 0 Å². The summed E-state index contributed by atoms with van der Waals surface area (Å²) in [5.74, 6) is -0.501. The largest absolute Gasteiger partial charge is 0.506 e. The number of phenolic OH excluding ortho intramolecular Hbond substituents is 1. The van der Waals surface area contributed by atoms with Gasteiger partial charge in [0.1, 0.15) is 17.3 Å². The lowest BCUT2D eigenvalue weighted by Crippen LogP contribution is -2.45. The van der Waals surface area contributed by atoms with Gasteiger partial charge in [0, 0.05) is 23.7 Å². The maximum absolute atomic E-state index is 12.9. The third-order valence-corrected chi connectivity index (χ3v) is 6.46. The smallest absolute Gasteiger partial charge is 0.251 e. The molecule has 0 aliphatic rings. The van der Waals surface area contributed by atoms with Crippen LogP contribution in [0.5, 0.6) is 5.75 Å². The van der Waals surface area contributed by atoms with Crippen LogP contribution in [0.3, 0.4) is 0 Å². The predicted octanol–water partition coefficient (Wildman–Crippen LogP) is 5.24. The molecule has 4 aromatic carbocycles. The topological polar surface area (TPSA) is 91.3 Å². The van der Waals surface area contributed by atoms with Gasteiger partial charge in [-0.3, -0.25) is 14.6 Å². The Morgan fingerprint density at radius 1 is 0.865 bits per heavy atom. The standard InChI is InChI=1S/C31H27N3O3/c1-20(30(36)33-16-14-22-9-4-8-21-7-2-3-13-27(21)22)34-31(37)25-11-5-10-23(17-25)26-18-24-12-6-15-32-29(24)28(35)19-26/h2-13,15,17-20,35H,14,16H2,1H3,(H,33,36)(H,34,37). The van der Waals surface area contributed by atoms with Crippen LogP contribution in [0, 0.1) is 0 Å². The SMILES string of the molecule is CC(NC(=O)c1cccc(-c2cc(O)c3ncccc3c2)c1)C(=O)NCCc1cccc2ccccc12. The normalized spacial score (nSPS) is 11.8. The number of rotatable bonds is 7. The highest BCUT2D eigenvalue weighted by Gasteiger charge is 2.17. The Morgan fingerprint density at radius 2 is 1.65 bits per heavy atom. The van der Waals surface area contributed by atoms with Crippen molar-refractivity contribution < 1.29 is 14.7 Å². The molecule has 6 heteroatoms. The first kappa shape index (κ1) is 24.0. The van der Waals surface area contributed by atoms with Gasteiger partial charge in [-0.25, -0.2) is 0 Å². The van der Waals surface area contributed by atoms with E-state index in [1.165, 1.54) is 16.3 Å². The van der Waals surface area contributed by atoms with Crippen LogP contribution in [0.1, 0.15) is 22.8 Å². The van der Waals surface area contributed by atoms with Gasteiger partial charge in [0.15, 0.2) is 0 Å². The Kier molecular flexibility index (Phi) is 6.81. The van der Waals surface area contributed by atoms with E-state index >= 15 is 0 Å². The van der Waals surface area contributed by atoms with E-state index < -0.39 is 6.04 Å². The van der Waals surface area contributed by atoms with Crippen LogP contribution in [0.4, 0.5) is 0 Å². The van der Waals surface area contributed by atoms with Crippen molar-refractivity contribution in [3.8, 4) is 16.9 Å². The van der Waals surface area contributed by atoms with Gasteiger partial charge in [-0.2, -0.15) is 0 Å². The summed E-state index contributed by atoms with van der Waals surface area (Å²) in [7, 11) is 0. The highest BCUT2D eigenvalue weighted by atomic mass is 16.3. The molecule has 3 N–H and O–H groups in total. The minimum absolute atomic E-state index is 0.0803. The summed E-state index contributed by atoms with van der Waals surface area (Å²) in [6.07, 6.45) is 2.33. The Labute approximate surface area is 215 Å². The molecular formula is C31H27N3O3. The van der Waals surface area contributed by atoms with E-state index in [-0.39, 0.29) is 17.6 Å². The highest BCUT2D eigenvalue weighted by Crippen LogP contribution is 2.30. The summed E-state index contributed by atoms with van der Waals surface area (Å²) in [5.41, 5.74) is 3.68. The molecule has 1 heterocycles. The summed E-state index contributed by atoms with van der Waals surface area (Å²) >= 11 is 0. The summed E-state index contributed by atoms with van der Waals surface area (Å²) in [4.78, 5) is 29.8. The number of hydrogen-bond acceptors (Lipinski definition) is 4. The number of carbonyl (C=O) groups excluding carboxylic acids is 2. The number of aromatic hydroxyl groups is 1. The van der Waals surface area contributed by atoms with Gasteiger partial charge < -0.3 is 15.7 Å². The van der Waals surface area contributed by atoms with Crippen LogP contribution in [0.15, 0.2) is 97.2 Å². The minimum atomic E-state index is -0.695. The maximum atomic E-state index is 12.9. The van der Waals surface area contributed by atoms with Gasteiger partial charge >= 0.3 is 0 Å². The van der Waals surface area contributed by atoms with Crippen molar-refractivity contribution in [3.05, 3.63) is 108 Å². The number of pyridine rings is 1. The number of hydrogen-bond donors (Lipinski definition) is 3. The van der Waals surface area contributed by atoms with E-state index in [1.807, 2.05) is 42.5 Å². The molecule has 0 aliphatic carbocycles. The van der Waals surface area contributed by atoms with Crippen LogP contribution in [0.25, 0.3) is 32.8 Å². The first-order valence-electron chi connectivity index (χ1n) is 12.2. The first-order valence-corrected chi connectivity index (χ1v) is 12.2. The molecule has 2 amide bonds. The summed E-state index contributed by atoms with van der Waals surface area (Å²) < 4.78 is 0. The van der Waals surface area contributed by atoms with E-state index in [1.54, 1.807) is 37.4 Å². The monoisotopic (exact) mass is 489 g/mol. The molecule has 0 fully saturated rings. The molecule has 1 atom stereocenters. The fraction of sp³-hybridized carbons (Fsp3) is 0.129. The third-order valence-electron chi connectivity index (χ3n) is 6.46. The Morgan fingerprint density at radius 3 is 2.54 bits per heavy atom. The number of phenols is 1. The molecule has 5 rings (SSSR count). The van der Waals surface area contributed by atoms with Gasteiger partial charge in [-0.15, -0.1) is 0 Å². The highest BCUT2D eigenvalue weighted by molar-refractivity contribution is 5.99. The molecule has 0 saturated carbocycles. The molecule has 0 aliphatic heterocycles. The van der Waals surface area contributed by atoms with Crippen molar-refractivity contribution in [1.82, 2.24) is 15.6 Å². The maximum Gasteiger partial charge on any atom is 0.251 e. The van der Waals surface area contributed by atoms with E-state index in [0.717, 1.165) is 16.5 Å². The van der Waals surface area contributed by atoms with E-state index in [4.69, 9.17) is 0 Å². The minimum Gasteiger partial charge on any atom is -0.506 e. The van der Waals surface area contributed by atoms with Crippen LogP contribution >= 0.6 is 0 Å². The average Bonchev–Trinajstić information content (AvgIpc) is 2.93. The lowest BCUT2D eigenvalue weighted by Gasteiger charge is -2.15. The molecule has 1 unspecified atom stereocenters. The first-order chi connectivity index (χ1) is 18.0. The van der Waals surface area contributed by atoms with Gasteiger partial charge in [-0.1, -0.05) is 60.7 Å². The zero-order valence-electron chi connectivity index (χ0n) is 20.4. The third kappa shape index (κ3) is 5.28. The second kappa shape index (κ2) is 10.5. The number of nitrogens with zero attached hydrogens (tertiary/aromatic N) is 1. The van der Waals surface area contributed by atoms with E-state index in [0.29, 0.717) is 24.0 Å². The number of amides is 2. The van der Waals surface area contributed by atoms with Crippen molar-refractivity contribution in [2.24, 2.45) is 0 Å². The Bertz CT molecular complexity index is 1610. The summed E-state index contributed by atoms with van der Waals surface area (Å²) in [6, 6.07) is 28.0. The van der Waals surface area contributed by atoms with E-state index in [9.17, 15) is 14.7 Å². The zero-order chi connectivity index (χ0) is 25.8. The molecule has 5 aromatic rings. The quantitative estimate of drug-likeness (QED) is 0.292. The van der Waals surface area contributed by atoms with Crippen LogP contribution in [-0.4, -0.2) is 34.5 Å². The summed E-state index contributed by atoms with van der Waals surface area (Å²) in [5, 5.41) is 19.2. The molecule has 1 aromatic heterocycles. The fourth-order valence-corrected chi connectivity index (χ4v) is 4.51. The Hall–Kier alpha value is -4.71. The summed E-state index contributed by atoms with van der Waals surface area (Å²) in [6.45, 7) is 2.15. The molecule has 0 saturated heterocycles. The van der Waals surface area contributed by atoms with Crippen molar-refractivity contribution in [2.75, 3.05) is 6.54 Å². The second-order valence-corrected chi connectivity index (χ2v) is 9.03. The van der Waals surface area contributed by atoms with Gasteiger partial charge in [-0.05, 0) is 71.1 Å². The second-order valence-electron chi connectivity index (χ2n) is 9.03. The van der Waals surface area contributed by atoms with Crippen molar-refractivity contribution in [2.45, 2.75) is 19.4 Å². The fourth-order valence-electron chi connectivity index (χ4n) is 4.51. The van der Waals surface area contributed by atoms with Gasteiger partial charge in [0.25, 0.3) is 5.91 Å². The number of carbonyl (C=O) groups is 2. The predicted molar refractivity (Wildman–Crippen MR) is 146 cm³/mol. The molecular weight excluding hydrogens is 462 g/mol. The van der Waals surface area contributed by atoms with Crippen LogP contribution < -0.4 is 10.6 Å². The number of aromatic nitrogens is 1. The van der Waals surface area contributed by atoms with Gasteiger partial charge in [0.05, 0.1) is 0 Å². The van der Waals surface area contributed by atoms with Crippen molar-refractivity contribution >= 4 is 33.5 Å². The molecule has 0 radical (unpaired) electrons. The molecule has 0 spiro atoms. The molecule has 6 nitrogen and oxygen atoms in total. The lowest BCUT2D eigenvalue weighted by molar-refractivity contribution is -0.122. The Balaban J connectivity index is 1.22. The van der Waals surface area contributed by atoms with E-state index in [2.05, 4.69) is 39.9 Å². The van der Waals surface area contributed by atoms with Crippen LogP contribution in [0.2, 0.25) is 0 Å². The van der Waals surface area contributed by atoms with Crippen molar-refractivity contribution in [1.29, 1.82) is 0 Å². The average molecular weight is 490 g/mol. The molecule has 184 valence electrons. The number of nitrogens with one attached hydrogen (secondary N) is 2. The molecule has 37 heavy (non-hydrogen) atoms. The zero-order valence-corrected chi connectivity index (χ0v) is 20.4.